The molecule has 0 aromatic rings. The fraction of sp³-hybridized carbons (Fsp3) is 0.333. The predicted octanol–water partition coefficient (Wildman–Crippen LogP) is 3.27. The van der Waals surface area contributed by atoms with Gasteiger partial charge >= 0.3 is 0 Å². The maximum Gasteiger partial charge on any atom is 0.174 e. The molecule has 0 rings (SSSR count). The Balaban J connectivity index is 4.40. The van der Waals surface area contributed by atoms with Crippen LogP contribution < -0.4 is 0 Å². The lowest BCUT2D eigenvalue weighted by Gasteiger charge is -1.99. The topological polar surface area (TPSA) is 40.5 Å². The largest absolute Gasteiger partial charge is 0.365 e. The molecule has 0 aromatic heterocycles. The summed E-state index contributed by atoms with van der Waals surface area (Å²) < 4.78 is 0. The zero-order valence-corrected chi connectivity index (χ0v) is 11.0. The molecule has 2 N–H and O–H groups in total. The van der Waals surface area contributed by atoms with Crippen LogP contribution >= 0.6 is 0 Å². The molecule has 0 spiro atoms. The Morgan fingerprint density at radius 3 is 1.94 bits per heavy atom. The lowest BCUT2D eigenvalue weighted by molar-refractivity contribution is -0.00760. The Kier molecular flexibility index (Phi) is 8.03. The van der Waals surface area contributed by atoms with Crippen molar-refractivity contribution in [3.63, 3.8) is 0 Å². The molecule has 0 aliphatic carbocycles. The first-order valence-electron chi connectivity index (χ1n) is 5.66. The summed E-state index contributed by atoms with van der Waals surface area (Å²) in [5, 5.41) is 17.7. The Bertz CT molecular complexity index is 366. The molecule has 0 aliphatic rings. The minimum Gasteiger partial charge on any atom is -0.365 e. The molecular formula is C15H22O2. The molecule has 0 fully saturated rings. The summed E-state index contributed by atoms with van der Waals surface area (Å²) in [7, 11) is 0. The van der Waals surface area contributed by atoms with Crippen molar-refractivity contribution in [1.29, 1.82) is 0 Å². The molecule has 0 aromatic carbocycles. The molecule has 0 bridgehead atoms. The molecule has 0 atom stereocenters. The number of allylic oxidation sites excluding steroid dienone is 9. The number of aliphatic hydroxyl groups excluding tert-OH is 1. The molecule has 0 saturated heterocycles. The standard InChI is InChI=1S/C15H22O2/c1-5-12(2)8-6-9-13(3)10-7-11-14(4)15(16)17/h5-11,15-17H,1-4H3. The van der Waals surface area contributed by atoms with Crippen LogP contribution in [-0.4, -0.2) is 16.5 Å². The van der Waals surface area contributed by atoms with Crippen molar-refractivity contribution in [2.45, 2.75) is 34.0 Å². The van der Waals surface area contributed by atoms with Gasteiger partial charge in [0.25, 0.3) is 0 Å². The van der Waals surface area contributed by atoms with E-state index in [1.165, 1.54) is 5.57 Å². The highest BCUT2D eigenvalue weighted by Crippen LogP contribution is 2.01. The number of hydrogen-bond acceptors (Lipinski definition) is 2. The van der Waals surface area contributed by atoms with E-state index in [-0.39, 0.29) is 0 Å². The molecule has 0 heterocycles. The summed E-state index contributed by atoms with van der Waals surface area (Å²) >= 11 is 0. The van der Waals surface area contributed by atoms with E-state index < -0.39 is 6.29 Å². The van der Waals surface area contributed by atoms with Gasteiger partial charge in [-0.2, -0.15) is 0 Å². The Labute approximate surface area is 104 Å². The third kappa shape index (κ3) is 8.43. The van der Waals surface area contributed by atoms with Gasteiger partial charge in [0.15, 0.2) is 6.29 Å². The summed E-state index contributed by atoms with van der Waals surface area (Å²) in [6.45, 7) is 7.71. The molecule has 0 unspecified atom stereocenters. The van der Waals surface area contributed by atoms with Crippen LogP contribution in [0.2, 0.25) is 0 Å². The minimum absolute atomic E-state index is 0.523. The van der Waals surface area contributed by atoms with E-state index in [1.54, 1.807) is 19.1 Å². The summed E-state index contributed by atoms with van der Waals surface area (Å²) in [4.78, 5) is 0. The molecule has 0 radical (unpaired) electrons. The second-order valence-electron chi connectivity index (χ2n) is 3.95. The lowest BCUT2D eigenvalue weighted by atomic mass is 10.2. The molecule has 0 aliphatic heterocycles. The highest BCUT2D eigenvalue weighted by molar-refractivity contribution is 5.28. The molecular weight excluding hydrogens is 212 g/mol. The van der Waals surface area contributed by atoms with Crippen LogP contribution in [0.1, 0.15) is 27.7 Å². The molecule has 17 heavy (non-hydrogen) atoms. The molecule has 0 saturated carbocycles. The van der Waals surface area contributed by atoms with Crippen molar-refractivity contribution < 1.29 is 10.2 Å². The van der Waals surface area contributed by atoms with E-state index in [0.29, 0.717) is 5.57 Å². The highest BCUT2D eigenvalue weighted by Gasteiger charge is 1.95. The van der Waals surface area contributed by atoms with Crippen molar-refractivity contribution in [1.82, 2.24) is 0 Å². The maximum absolute atomic E-state index is 8.84. The molecule has 94 valence electrons. The van der Waals surface area contributed by atoms with E-state index in [9.17, 15) is 0 Å². The fourth-order valence-corrected chi connectivity index (χ4v) is 0.941. The summed E-state index contributed by atoms with van der Waals surface area (Å²) in [6, 6.07) is 0. The Morgan fingerprint density at radius 1 is 0.882 bits per heavy atom. The third-order valence-corrected chi connectivity index (χ3v) is 2.30. The van der Waals surface area contributed by atoms with Gasteiger partial charge in [-0.05, 0) is 33.3 Å². The summed E-state index contributed by atoms with van der Waals surface area (Å²) in [5.41, 5.74) is 2.84. The number of aliphatic hydroxyl groups is 2. The van der Waals surface area contributed by atoms with Crippen LogP contribution in [0.15, 0.2) is 59.3 Å². The van der Waals surface area contributed by atoms with Crippen LogP contribution in [0.5, 0.6) is 0 Å². The zero-order valence-electron chi connectivity index (χ0n) is 11.0. The van der Waals surface area contributed by atoms with Gasteiger partial charge in [0.2, 0.25) is 0 Å². The summed E-state index contributed by atoms with van der Waals surface area (Å²) in [6.07, 6.45) is 12.1. The number of hydrogen-bond donors (Lipinski definition) is 2. The van der Waals surface area contributed by atoms with Crippen LogP contribution in [-0.2, 0) is 0 Å². The van der Waals surface area contributed by atoms with Gasteiger partial charge in [-0.1, -0.05) is 53.7 Å². The first kappa shape index (κ1) is 15.6. The van der Waals surface area contributed by atoms with Crippen molar-refractivity contribution in [2.24, 2.45) is 0 Å². The normalized spacial score (nSPS) is 15.6. The monoisotopic (exact) mass is 234 g/mol. The van der Waals surface area contributed by atoms with E-state index in [1.807, 2.05) is 51.2 Å². The van der Waals surface area contributed by atoms with E-state index >= 15 is 0 Å². The average molecular weight is 234 g/mol. The van der Waals surface area contributed by atoms with Gasteiger partial charge in [-0.25, -0.2) is 0 Å². The van der Waals surface area contributed by atoms with Crippen molar-refractivity contribution in [2.75, 3.05) is 0 Å². The van der Waals surface area contributed by atoms with Crippen molar-refractivity contribution >= 4 is 0 Å². The fourth-order valence-electron chi connectivity index (χ4n) is 0.941. The third-order valence-electron chi connectivity index (χ3n) is 2.30. The molecule has 0 amide bonds. The van der Waals surface area contributed by atoms with Gasteiger partial charge in [0.05, 0.1) is 0 Å². The molecule has 2 nitrogen and oxygen atoms in total. The van der Waals surface area contributed by atoms with E-state index in [0.717, 1.165) is 5.57 Å². The van der Waals surface area contributed by atoms with Gasteiger partial charge in [0, 0.05) is 0 Å². The maximum atomic E-state index is 8.84. The van der Waals surface area contributed by atoms with Crippen molar-refractivity contribution in [3.05, 3.63) is 59.3 Å². The highest BCUT2D eigenvalue weighted by atomic mass is 16.5. The Hall–Kier alpha value is -1.38. The van der Waals surface area contributed by atoms with Crippen LogP contribution in [0.4, 0.5) is 0 Å². The zero-order chi connectivity index (χ0) is 13.3. The van der Waals surface area contributed by atoms with E-state index in [4.69, 9.17) is 10.2 Å². The number of rotatable bonds is 5. The SMILES string of the molecule is CC=C(C)C=CC=C(C)C=CC=C(C)C(O)O. The van der Waals surface area contributed by atoms with Gasteiger partial charge in [0.1, 0.15) is 0 Å². The first-order chi connectivity index (χ1) is 7.97. The second-order valence-corrected chi connectivity index (χ2v) is 3.95. The van der Waals surface area contributed by atoms with Gasteiger partial charge in [-0.15, -0.1) is 0 Å². The predicted molar refractivity (Wildman–Crippen MR) is 73.5 cm³/mol. The average Bonchev–Trinajstić information content (AvgIpc) is 2.28. The second kappa shape index (κ2) is 8.74. The van der Waals surface area contributed by atoms with Crippen molar-refractivity contribution in [3.8, 4) is 0 Å². The van der Waals surface area contributed by atoms with Crippen LogP contribution in [0, 0.1) is 0 Å². The summed E-state index contributed by atoms with van der Waals surface area (Å²) in [5.74, 6) is 0. The molecule has 2 heteroatoms. The van der Waals surface area contributed by atoms with Gasteiger partial charge < -0.3 is 10.2 Å². The first-order valence-corrected chi connectivity index (χ1v) is 5.66. The van der Waals surface area contributed by atoms with Crippen LogP contribution in [0.25, 0.3) is 0 Å². The van der Waals surface area contributed by atoms with E-state index in [2.05, 4.69) is 0 Å². The quantitative estimate of drug-likeness (QED) is 0.566. The minimum atomic E-state index is -1.37. The smallest absolute Gasteiger partial charge is 0.174 e. The van der Waals surface area contributed by atoms with Crippen LogP contribution in [0.3, 0.4) is 0 Å². The Morgan fingerprint density at radius 2 is 1.41 bits per heavy atom. The van der Waals surface area contributed by atoms with Gasteiger partial charge in [-0.3, -0.25) is 0 Å². The lowest BCUT2D eigenvalue weighted by Crippen LogP contribution is -2.04.